The molecule has 2 unspecified atom stereocenters. The lowest BCUT2D eigenvalue weighted by molar-refractivity contribution is -0.162. The smallest absolute Gasteiger partial charge is 0.411 e. The maximum atomic E-state index is 13.9. The molecular formula is C75H87N5O16. The van der Waals surface area contributed by atoms with Crippen LogP contribution < -0.4 is 0 Å². The highest BCUT2D eigenvalue weighted by Gasteiger charge is 2.45. The average molecular weight is 1310 g/mol. The van der Waals surface area contributed by atoms with E-state index in [0.717, 1.165) is 33.0 Å². The van der Waals surface area contributed by atoms with Crippen molar-refractivity contribution in [2.75, 3.05) is 32.8 Å². The largest absolute Gasteiger partial charge is 0.458 e. The van der Waals surface area contributed by atoms with Crippen molar-refractivity contribution in [2.45, 2.75) is 175 Å². The van der Waals surface area contributed by atoms with E-state index in [9.17, 15) is 47.9 Å². The number of carbonyl (C=O) groups excluding carboxylic acids is 10. The van der Waals surface area contributed by atoms with Crippen molar-refractivity contribution in [1.82, 2.24) is 24.7 Å². The number of Topliss-reactive ketones (excluding diaryl/α,β-unsaturated/α-hetero) is 4. The maximum Gasteiger partial charge on any atom is 0.411 e. The molecule has 6 atom stereocenters. The molecule has 0 N–H and O–H groups in total. The van der Waals surface area contributed by atoms with Crippen LogP contribution in [0.4, 0.5) is 14.4 Å². The van der Waals surface area contributed by atoms with E-state index in [0.29, 0.717) is 54.5 Å². The fourth-order valence-electron chi connectivity index (χ4n) is 12.1. The van der Waals surface area contributed by atoms with E-state index < -0.39 is 101 Å². The standard InChI is InChI=1S/C75H87N5O16/c1-44-34-59(78(39-44)69(88)94-72(4,5)6)66(85)91-42-64(83)49-18-14-47(15-19-49)51-22-26-55-53(37-51)24-28-57(76-55)62(81)30-32-74(10,11)93-68(87)61-36-46(3)41-80(61)71(90)96-75(12,13)33-31-63(82)58-29-25-54-38-52(23-27-56(54)77-58)48-16-20-50(21-17-48)65(84)43-92-67(86)60-35-45(2)40-79(60)70(89)95-73(7,8)9/h14-29,37-38,44-46,59-61H,30-36,39-43H2,1-13H3/t44-,45-,46?,59-,60-,61?/m0/s1. The lowest BCUT2D eigenvalue weighted by atomic mass is 9.98. The predicted molar refractivity (Wildman–Crippen MR) is 358 cm³/mol. The van der Waals surface area contributed by atoms with Crippen molar-refractivity contribution in [2.24, 2.45) is 17.8 Å². The normalized spacial score (nSPS) is 19.0. The number of esters is 3. The van der Waals surface area contributed by atoms with Gasteiger partial charge in [0.2, 0.25) is 0 Å². The quantitative estimate of drug-likeness (QED) is 0.0368. The second kappa shape index (κ2) is 28.9. The first-order chi connectivity index (χ1) is 45.1. The van der Waals surface area contributed by atoms with Gasteiger partial charge in [-0.15, -0.1) is 0 Å². The summed E-state index contributed by atoms with van der Waals surface area (Å²) < 4.78 is 33.8. The van der Waals surface area contributed by atoms with Gasteiger partial charge in [-0.3, -0.25) is 33.9 Å². The van der Waals surface area contributed by atoms with Gasteiger partial charge in [-0.05, 0) is 178 Å². The third kappa shape index (κ3) is 18.1. The third-order valence-electron chi connectivity index (χ3n) is 17.2. The maximum absolute atomic E-state index is 13.9. The van der Waals surface area contributed by atoms with Crippen molar-refractivity contribution in [3.63, 3.8) is 0 Å². The molecule has 2 aromatic heterocycles. The summed E-state index contributed by atoms with van der Waals surface area (Å²) >= 11 is 0. The van der Waals surface area contributed by atoms with E-state index in [1.54, 1.807) is 130 Å². The molecule has 3 aliphatic heterocycles. The Morgan fingerprint density at radius 1 is 0.396 bits per heavy atom. The minimum atomic E-state index is -1.11. The van der Waals surface area contributed by atoms with Crippen LogP contribution in [0.1, 0.15) is 177 Å². The molecule has 0 bridgehead atoms. The van der Waals surface area contributed by atoms with E-state index >= 15 is 0 Å². The van der Waals surface area contributed by atoms with Crippen LogP contribution in [0, 0.1) is 17.8 Å². The molecular weight excluding hydrogens is 1230 g/mol. The summed E-state index contributed by atoms with van der Waals surface area (Å²) in [7, 11) is 0. The van der Waals surface area contributed by atoms with E-state index in [2.05, 4.69) is 9.97 Å². The van der Waals surface area contributed by atoms with Crippen molar-refractivity contribution in [1.29, 1.82) is 0 Å². The summed E-state index contributed by atoms with van der Waals surface area (Å²) in [5.74, 6) is -3.14. The van der Waals surface area contributed by atoms with Gasteiger partial charge in [0, 0.05) is 54.4 Å². The van der Waals surface area contributed by atoms with Gasteiger partial charge in [0.15, 0.2) is 36.3 Å². The van der Waals surface area contributed by atoms with Crippen molar-refractivity contribution >= 4 is 81.1 Å². The SMILES string of the molecule is CC1CC(C(=O)OC(C)(C)CCC(=O)c2ccc3cc(-c4ccc(C(=O)COC(=O)[C@@H]5C[C@H](C)CN5C(=O)OC(C)(C)C)cc4)ccc3n2)N(C(=O)OC(C)(C)CCC(=O)c2ccc3cc(-c4ccc(C(=O)COC(=O)[C@@H]5C[C@H](C)CN5C(=O)OC(C)(C)C)cc4)ccc3n2)C1. The van der Waals surface area contributed by atoms with Crippen LogP contribution in [-0.2, 0) is 42.8 Å². The molecule has 9 rings (SSSR count). The van der Waals surface area contributed by atoms with Crippen molar-refractivity contribution < 1.29 is 76.4 Å². The minimum Gasteiger partial charge on any atom is -0.458 e. The highest BCUT2D eigenvalue weighted by Crippen LogP contribution is 2.34. The van der Waals surface area contributed by atoms with Crippen LogP contribution in [-0.4, -0.2) is 157 Å². The number of nitrogens with zero attached hydrogens (tertiary/aromatic N) is 5. The Balaban J connectivity index is 0.712. The summed E-state index contributed by atoms with van der Waals surface area (Å²) in [4.78, 5) is 146. The monoisotopic (exact) mass is 1310 g/mol. The fraction of sp³-hybridized carbons (Fsp3) is 0.467. The van der Waals surface area contributed by atoms with Crippen LogP contribution in [0.3, 0.4) is 0 Å². The number of fused-ring (bicyclic) bond motifs is 2. The van der Waals surface area contributed by atoms with Gasteiger partial charge in [0.25, 0.3) is 0 Å². The molecule has 3 amide bonds. The molecule has 508 valence electrons. The Morgan fingerprint density at radius 2 is 0.729 bits per heavy atom. The number of carbonyl (C=O) groups is 10. The number of amides is 3. The molecule has 4 aromatic carbocycles. The topological polar surface area (TPSA) is 262 Å². The number of pyridine rings is 2. The molecule has 21 heteroatoms. The lowest BCUT2D eigenvalue weighted by Gasteiger charge is -2.32. The Morgan fingerprint density at radius 3 is 1.09 bits per heavy atom. The number of benzene rings is 4. The third-order valence-corrected chi connectivity index (χ3v) is 17.2. The van der Waals surface area contributed by atoms with Gasteiger partial charge in [-0.2, -0.15) is 0 Å². The number of ether oxygens (including phenoxy) is 6. The zero-order valence-corrected chi connectivity index (χ0v) is 57.1. The Labute approximate surface area is 559 Å². The highest BCUT2D eigenvalue weighted by atomic mass is 16.6. The zero-order chi connectivity index (χ0) is 69.8. The number of aromatic nitrogens is 2. The first-order valence-corrected chi connectivity index (χ1v) is 32.8. The summed E-state index contributed by atoms with van der Waals surface area (Å²) in [6.45, 7) is 23.1. The van der Waals surface area contributed by atoms with Crippen molar-refractivity contribution in [3.8, 4) is 22.3 Å². The average Bonchev–Trinajstić information content (AvgIpc) is 1.52. The van der Waals surface area contributed by atoms with Crippen molar-refractivity contribution in [3.05, 3.63) is 132 Å². The summed E-state index contributed by atoms with van der Waals surface area (Å²) in [5, 5.41) is 1.55. The van der Waals surface area contributed by atoms with E-state index in [1.807, 2.05) is 69.3 Å². The number of rotatable bonds is 21. The Bertz CT molecular complexity index is 3720. The van der Waals surface area contributed by atoms with E-state index in [1.165, 1.54) is 14.7 Å². The van der Waals surface area contributed by atoms with Gasteiger partial charge in [-0.25, -0.2) is 38.7 Å². The van der Waals surface area contributed by atoms with Crippen LogP contribution in [0.15, 0.2) is 109 Å². The summed E-state index contributed by atoms with van der Waals surface area (Å²) in [5.41, 5.74) is 2.03. The van der Waals surface area contributed by atoms with Crippen LogP contribution >= 0.6 is 0 Å². The highest BCUT2D eigenvalue weighted by molar-refractivity contribution is 6.01. The number of hydrogen-bond acceptors (Lipinski definition) is 18. The zero-order valence-electron chi connectivity index (χ0n) is 57.1. The molecule has 3 saturated heterocycles. The predicted octanol–water partition coefficient (Wildman–Crippen LogP) is 13.4. The lowest BCUT2D eigenvalue weighted by Crippen LogP contribution is -2.46. The molecule has 96 heavy (non-hydrogen) atoms. The molecule has 0 radical (unpaired) electrons. The van der Waals surface area contributed by atoms with Gasteiger partial charge in [-0.1, -0.05) is 93.6 Å². The van der Waals surface area contributed by atoms with Gasteiger partial charge >= 0.3 is 36.2 Å². The fourth-order valence-corrected chi connectivity index (χ4v) is 12.1. The second-order valence-corrected chi connectivity index (χ2v) is 29.1. The number of ketones is 4. The molecule has 5 heterocycles. The molecule has 0 spiro atoms. The molecule has 6 aromatic rings. The number of likely N-dealkylation sites (tertiary alicyclic amines) is 3. The first kappa shape index (κ1) is 70.9. The summed E-state index contributed by atoms with van der Waals surface area (Å²) in [6.07, 6.45) is -0.371. The summed E-state index contributed by atoms with van der Waals surface area (Å²) in [6, 6.07) is 29.3. The van der Waals surface area contributed by atoms with Crippen LogP contribution in [0.25, 0.3) is 44.1 Å². The van der Waals surface area contributed by atoms with E-state index in [4.69, 9.17) is 28.4 Å². The molecule has 3 fully saturated rings. The minimum absolute atomic E-state index is 0.0173. The van der Waals surface area contributed by atoms with E-state index in [-0.39, 0.29) is 72.9 Å². The van der Waals surface area contributed by atoms with Gasteiger partial charge in [0.1, 0.15) is 51.9 Å². The Kier molecular flexibility index (Phi) is 21.3. The van der Waals surface area contributed by atoms with Gasteiger partial charge in [0.05, 0.1) is 11.0 Å². The second-order valence-electron chi connectivity index (χ2n) is 29.1. The van der Waals surface area contributed by atoms with Gasteiger partial charge < -0.3 is 28.4 Å². The van der Waals surface area contributed by atoms with Crippen LogP contribution in [0.2, 0.25) is 0 Å². The first-order valence-electron chi connectivity index (χ1n) is 32.8. The number of hydrogen-bond donors (Lipinski definition) is 0. The molecule has 21 nitrogen and oxygen atoms in total. The molecule has 0 aliphatic carbocycles. The molecule has 0 saturated carbocycles. The Hall–Kier alpha value is -9.40. The molecule has 3 aliphatic rings. The van der Waals surface area contributed by atoms with Crippen LogP contribution in [0.5, 0.6) is 0 Å².